The second-order valence-electron chi connectivity index (χ2n) is 8.98. The van der Waals surface area contributed by atoms with Gasteiger partial charge in [0.2, 0.25) is 5.91 Å². The molecule has 0 atom stereocenters. The molecule has 0 fully saturated rings. The van der Waals surface area contributed by atoms with Gasteiger partial charge < -0.3 is 20.5 Å². The Balaban J connectivity index is 1.64. The molecule has 31 heavy (non-hydrogen) atoms. The lowest BCUT2D eigenvalue weighted by atomic mass is 9.97. The Bertz CT molecular complexity index is 967. The van der Waals surface area contributed by atoms with Crippen LogP contribution < -0.4 is 10.6 Å². The number of rotatable bonds is 7. The number of alkyl carbamates (subject to hydrolysis) is 1. The van der Waals surface area contributed by atoms with Gasteiger partial charge in [-0.15, -0.1) is 0 Å². The normalized spacial score (nSPS) is 13.2. The second-order valence-corrected chi connectivity index (χ2v) is 8.98. The van der Waals surface area contributed by atoms with Crippen LogP contribution in [0.4, 0.5) is 4.79 Å². The number of benzene rings is 2. The average Bonchev–Trinajstić information content (AvgIpc) is 2.98. The smallest absolute Gasteiger partial charge is 0.408 e. The topological polar surface area (TPSA) is 105 Å². The third kappa shape index (κ3) is 5.05. The predicted octanol–water partition coefficient (Wildman–Crippen LogP) is 3.67. The van der Waals surface area contributed by atoms with Crippen LogP contribution in [-0.2, 0) is 14.3 Å². The van der Waals surface area contributed by atoms with Crippen molar-refractivity contribution in [2.24, 2.45) is 0 Å². The SMILES string of the molecule is CC(C)(CC(=O)O)NC(=O)C(C)(C)NC(=O)OCC1c2ccccc2-c2ccccc21. The third-order valence-electron chi connectivity index (χ3n) is 5.37. The van der Waals surface area contributed by atoms with Gasteiger partial charge in [0.15, 0.2) is 0 Å². The maximum atomic E-state index is 12.6. The zero-order valence-electron chi connectivity index (χ0n) is 18.2. The molecule has 2 aromatic carbocycles. The van der Waals surface area contributed by atoms with Gasteiger partial charge in [-0.2, -0.15) is 0 Å². The summed E-state index contributed by atoms with van der Waals surface area (Å²) in [7, 11) is 0. The van der Waals surface area contributed by atoms with Crippen molar-refractivity contribution in [3.05, 3.63) is 59.7 Å². The number of hydrogen-bond acceptors (Lipinski definition) is 4. The van der Waals surface area contributed by atoms with E-state index in [1.54, 1.807) is 27.7 Å². The van der Waals surface area contributed by atoms with Gasteiger partial charge in [-0.25, -0.2) is 4.79 Å². The number of hydrogen-bond donors (Lipinski definition) is 3. The Morgan fingerprint density at radius 3 is 1.94 bits per heavy atom. The number of carboxylic acid groups (broad SMARTS) is 1. The lowest BCUT2D eigenvalue weighted by Crippen LogP contribution is -2.59. The predicted molar refractivity (Wildman–Crippen MR) is 117 cm³/mol. The molecule has 7 nitrogen and oxygen atoms in total. The van der Waals surface area contributed by atoms with Crippen LogP contribution in [0.15, 0.2) is 48.5 Å². The molecule has 3 N–H and O–H groups in total. The third-order valence-corrected chi connectivity index (χ3v) is 5.37. The fraction of sp³-hybridized carbons (Fsp3) is 0.375. The van der Waals surface area contributed by atoms with Gasteiger partial charge in [0.1, 0.15) is 12.1 Å². The van der Waals surface area contributed by atoms with Crippen LogP contribution >= 0.6 is 0 Å². The maximum Gasteiger partial charge on any atom is 0.408 e. The molecule has 0 aliphatic heterocycles. The summed E-state index contributed by atoms with van der Waals surface area (Å²) in [6, 6.07) is 16.1. The van der Waals surface area contributed by atoms with Crippen LogP contribution in [0.5, 0.6) is 0 Å². The van der Waals surface area contributed by atoms with Gasteiger partial charge in [-0.05, 0) is 49.9 Å². The van der Waals surface area contributed by atoms with Crippen molar-refractivity contribution in [2.45, 2.75) is 51.1 Å². The van der Waals surface area contributed by atoms with Gasteiger partial charge in [0.25, 0.3) is 0 Å². The highest BCUT2D eigenvalue weighted by Crippen LogP contribution is 2.44. The largest absolute Gasteiger partial charge is 0.481 e. The number of nitrogens with one attached hydrogen (secondary N) is 2. The Labute approximate surface area is 181 Å². The van der Waals surface area contributed by atoms with Crippen molar-refractivity contribution in [2.75, 3.05) is 6.61 Å². The van der Waals surface area contributed by atoms with Crippen LogP contribution in [0.1, 0.15) is 51.2 Å². The van der Waals surface area contributed by atoms with Gasteiger partial charge >= 0.3 is 12.1 Å². The molecule has 1 aliphatic carbocycles. The van der Waals surface area contributed by atoms with E-state index in [2.05, 4.69) is 22.8 Å². The minimum atomic E-state index is -1.28. The summed E-state index contributed by atoms with van der Waals surface area (Å²) in [6.07, 6.45) is -0.946. The van der Waals surface area contributed by atoms with E-state index in [1.807, 2.05) is 36.4 Å². The number of aliphatic carboxylic acids is 1. The molecule has 7 heteroatoms. The van der Waals surface area contributed by atoms with Gasteiger partial charge in [-0.1, -0.05) is 48.5 Å². The number of carbonyl (C=O) groups excluding carboxylic acids is 2. The summed E-state index contributed by atoms with van der Waals surface area (Å²) >= 11 is 0. The van der Waals surface area contributed by atoms with E-state index in [0.29, 0.717) is 0 Å². The molecule has 3 rings (SSSR count). The first-order valence-corrected chi connectivity index (χ1v) is 10.2. The molecule has 2 aromatic rings. The molecule has 0 saturated carbocycles. The number of ether oxygens (including phenoxy) is 1. The van der Waals surface area contributed by atoms with E-state index >= 15 is 0 Å². The molecule has 164 valence electrons. The van der Waals surface area contributed by atoms with Crippen molar-refractivity contribution in [3.63, 3.8) is 0 Å². The molecule has 0 saturated heterocycles. The van der Waals surface area contributed by atoms with E-state index in [-0.39, 0.29) is 18.9 Å². The summed E-state index contributed by atoms with van der Waals surface area (Å²) in [5.74, 6) is -1.59. The van der Waals surface area contributed by atoms with Gasteiger partial charge in [0.05, 0.1) is 6.42 Å². The van der Waals surface area contributed by atoms with Crippen LogP contribution in [0, 0.1) is 0 Å². The molecule has 0 radical (unpaired) electrons. The lowest BCUT2D eigenvalue weighted by Gasteiger charge is -2.31. The van der Waals surface area contributed by atoms with Crippen LogP contribution in [0.2, 0.25) is 0 Å². The first-order chi connectivity index (χ1) is 14.5. The molecule has 0 bridgehead atoms. The highest BCUT2D eigenvalue weighted by Gasteiger charge is 2.35. The zero-order chi connectivity index (χ0) is 22.8. The number of carboxylic acids is 1. The highest BCUT2D eigenvalue weighted by molar-refractivity contribution is 5.90. The van der Waals surface area contributed by atoms with E-state index < -0.39 is 29.0 Å². The standard InChI is InChI=1S/C24H28N2O5/c1-23(2,13-20(27)28)25-21(29)24(3,4)26-22(30)31-14-19-17-11-7-5-9-15(17)16-10-6-8-12-18(16)19/h5-12,19H,13-14H2,1-4H3,(H,25,29)(H,26,30)(H,27,28). The number of amides is 2. The second kappa shape index (κ2) is 8.41. The van der Waals surface area contributed by atoms with E-state index in [1.165, 1.54) is 0 Å². The Morgan fingerprint density at radius 1 is 0.903 bits per heavy atom. The Morgan fingerprint density at radius 2 is 1.42 bits per heavy atom. The summed E-state index contributed by atoms with van der Waals surface area (Å²) in [5.41, 5.74) is 2.23. The summed E-state index contributed by atoms with van der Waals surface area (Å²) in [4.78, 5) is 36.1. The van der Waals surface area contributed by atoms with Crippen molar-refractivity contribution in [3.8, 4) is 11.1 Å². The lowest BCUT2D eigenvalue weighted by molar-refractivity contribution is -0.139. The fourth-order valence-corrected chi connectivity index (χ4v) is 3.83. The molecule has 2 amide bonds. The quantitative estimate of drug-likeness (QED) is 0.629. The molecular weight excluding hydrogens is 396 g/mol. The Kier molecular flexibility index (Phi) is 6.06. The van der Waals surface area contributed by atoms with Crippen molar-refractivity contribution in [1.29, 1.82) is 0 Å². The summed E-state index contributed by atoms with van der Waals surface area (Å²) in [6.45, 7) is 6.45. The number of fused-ring (bicyclic) bond motifs is 3. The monoisotopic (exact) mass is 424 g/mol. The number of carbonyl (C=O) groups is 3. The van der Waals surface area contributed by atoms with E-state index in [0.717, 1.165) is 22.3 Å². The van der Waals surface area contributed by atoms with Crippen molar-refractivity contribution >= 4 is 18.0 Å². The van der Waals surface area contributed by atoms with Gasteiger partial charge in [-0.3, -0.25) is 9.59 Å². The molecular formula is C24H28N2O5. The molecule has 0 heterocycles. The molecule has 0 unspecified atom stereocenters. The van der Waals surface area contributed by atoms with E-state index in [9.17, 15) is 14.4 Å². The van der Waals surface area contributed by atoms with Crippen LogP contribution in [0.3, 0.4) is 0 Å². The Hall–Kier alpha value is -3.35. The molecule has 1 aliphatic rings. The first kappa shape index (κ1) is 22.3. The summed E-state index contributed by atoms with van der Waals surface area (Å²) < 4.78 is 5.50. The van der Waals surface area contributed by atoms with Crippen molar-refractivity contribution < 1.29 is 24.2 Å². The highest BCUT2D eigenvalue weighted by atomic mass is 16.5. The minimum Gasteiger partial charge on any atom is -0.481 e. The zero-order valence-corrected chi connectivity index (χ0v) is 18.2. The minimum absolute atomic E-state index is 0.0791. The maximum absolute atomic E-state index is 12.6. The fourth-order valence-electron chi connectivity index (χ4n) is 3.83. The molecule has 0 spiro atoms. The average molecular weight is 424 g/mol. The van der Waals surface area contributed by atoms with E-state index in [4.69, 9.17) is 9.84 Å². The molecule has 0 aromatic heterocycles. The first-order valence-electron chi connectivity index (χ1n) is 10.2. The van der Waals surface area contributed by atoms with Gasteiger partial charge in [0, 0.05) is 11.5 Å². The van der Waals surface area contributed by atoms with Crippen molar-refractivity contribution in [1.82, 2.24) is 10.6 Å². The van der Waals surface area contributed by atoms with Crippen LogP contribution in [0.25, 0.3) is 11.1 Å². The van der Waals surface area contributed by atoms with Crippen LogP contribution in [-0.4, -0.2) is 40.8 Å². The summed E-state index contributed by atoms with van der Waals surface area (Å²) in [5, 5.41) is 14.2.